The maximum absolute atomic E-state index is 12.4. The second-order valence-corrected chi connectivity index (χ2v) is 7.02. The molecule has 3 rings (SSSR count). The Morgan fingerprint density at radius 2 is 1.74 bits per heavy atom. The van der Waals surface area contributed by atoms with Crippen molar-refractivity contribution in [2.45, 2.75) is 32.3 Å². The first-order chi connectivity index (χ1) is 13.1. The lowest BCUT2D eigenvalue weighted by Gasteiger charge is -2.12. The van der Waals surface area contributed by atoms with Gasteiger partial charge in [0.25, 0.3) is 0 Å². The number of hydrogen-bond acceptors (Lipinski definition) is 3. The van der Waals surface area contributed by atoms with Crippen LogP contribution in [0.2, 0.25) is 0 Å². The number of aliphatic carboxylic acids is 1. The van der Waals surface area contributed by atoms with Gasteiger partial charge in [0.2, 0.25) is 5.91 Å². The molecule has 0 saturated heterocycles. The van der Waals surface area contributed by atoms with E-state index in [1.165, 1.54) is 5.56 Å². The van der Waals surface area contributed by atoms with Crippen LogP contribution in [0.4, 0.5) is 5.69 Å². The van der Waals surface area contributed by atoms with Crippen LogP contribution in [0.5, 0.6) is 0 Å². The fraction of sp³-hybridized carbons (Fsp3) is 0.364. The molecule has 0 radical (unpaired) electrons. The molecule has 2 aromatic carbocycles. The standard InChI is InChI=1S/C22H25NO4/c24-21(18-9-10-19(14-18)22(25)26)23-20-8-4-7-17(13-20)15-27-12-11-16-5-2-1-3-6-16/h1-8,13,18-19H,9-12,14-15H2,(H,23,24)(H,25,26)/t18-,19+/m0/s1. The number of rotatable bonds is 8. The molecule has 1 aliphatic rings. The first-order valence-electron chi connectivity index (χ1n) is 9.36. The van der Waals surface area contributed by atoms with Gasteiger partial charge >= 0.3 is 5.97 Å². The zero-order chi connectivity index (χ0) is 19.1. The van der Waals surface area contributed by atoms with Crippen LogP contribution in [0, 0.1) is 11.8 Å². The van der Waals surface area contributed by atoms with E-state index in [-0.39, 0.29) is 11.8 Å². The first kappa shape index (κ1) is 19.1. The summed E-state index contributed by atoms with van der Waals surface area (Å²) in [5.41, 5.74) is 2.97. The van der Waals surface area contributed by atoms with Crippen LogP contribution in [0.1, 0.15) is 30.4 Å². The molecule has 27 heavy (non-hydrogen) atoms. The summed E-state index contributed by atoms with van der Waals surface area (Å²) >= 11 is 0. The van der Waals surface area contributed by atoms with Crippen molar-refractivity contribution in [2.24, 2.45) is 11.8 Å². The average Bonchev–Trinajstić information content (AvgIpc) is 3.17. The molecule has 1 aliphatic carbocycles. The topological polar surface area (TPSA) is 75.6 Å². The Kier molecular flexibility index (Phi) is 6.60. The fourth-order valence-electron chi connectivity index (χ4n) is 3.45. The lowest BCUT2D eigenvalue weighted by atomic mass is 10.0. The number of carbonyl (C=O) groups excluding carboxylic acids is 1. The summed E-state index contributed by atoms with van der Waals surface area (Å²) in [4.78, 5) is 23.4. The monoisotopic (exact) mass is 367 g/mol. The molecule has 2 aromatic rings. The molecule has 1 saturated carbocycles. The summed E-state index contributed by atoms with van der Waals surface area (Å²) in [5.74, 6) is -1.53. The second-order valence-electron chi connectivity index (χ2n) is 7.02. The first-order valence-corrected chi connectivity index (χ1v) is 9.36. The van der Waals surface area contributed by atoms with Crippen LogP contribution in [-0.4, -0.2) is 23.6 Å². The summed E-state index contributed by atoms with van der Waals surface area (Å²) in [5, 5.41) is 12.0. The SMILES string of the molecule is O=C(O)[C@@H]1CC[C@H](C(=O)Nc2cccc(COCCc3ccccc3)c2)C1. The van der Waals surface area contributed by atoms with Gasteiger partial charge in [-0.1, -0.05) is 42.5 Å². The summed E-state index contributed by atoms with van der Waals surface area (Å²) in [6.45, 7) is 1.13. The van der Waals surface area contributed by atoms with E-state index in [4.69, 9.17) is 9.84 Å². The third-order valence-corrected chi connectivity index (χ3v) is 4.99. The highest BCUT2D eigenvalue weighted by molar-refractivity contribution is 5.93. The van der Waals surface area contributed by atoms with Crippen molar-refractivity contribution in [1.29, 1.82) is 0 Å². The van der Waals surface area contributed by atoms with Crippen molar-refractivity contribution in [3.05, 3.63) is 65.7 Å². The van der Waals surface area contributed by atoms with Crippen LogP contribution in [-0.2, 0) is 27.4 Å². The molecule has 142 valence electrons. The molecule has 0 spiro atoms. The number of carboxylic acid groups (broad SMARTS) is 1. The van der Waals surface area contributed by atoms with Gasteiger partial charge in [0.15, 0.2) is 0 Å². The van der Waals surface area contributed by atoms with Gasteiger partial charge in [0.05, 0.1) is 19.1 Å². The van der Waals surface area contributed by atoms with Gasteiger partial charge in [-0.05, 0) is 48.9 Å². The van der Waals surface area contributed by atoms with E-state index in [0.29, 0.717) is 32.5 Å². The number of hydrogen-bond donors (Lipinski definition) is 2. The molecule has 0 bridgehead atoms. The number of amides is 1. The van der Waals surface area contributed by atoms with Gasteiger partial charge in [-0.3, -0.25) is 9.59 Å². The van der Waals surface area contributed by atoms with E-state index in [2.05, 4.69) is 17.4 Å². The third kappa shape index (κ3) is 5.66. The number of benzene rings is 2. The molecule has 1 fully saturated rings. The molecule has 0 aliphatic heterocycles. The van der Waals surface area contributed by atoms with Gasteiger partial charge in [0.1, 0.15) is 0 Å². The Labute approximate surface area is 159 Å². The van der Waals surface area contributed by atoms with Crippen molar-refractivity contribution in [1.82, 2.24) is 0 Å². The highest BCUT2D eigenvalue weighted by atomic mass is 16.5. The molecule has 2 N–H and O–H groups in total. The number of anilines is 1. The lowest BCUT2D eigenvalue weighted by Crippen LogP contribution is -2.21. The van der Waals surface area contributed by atoms with Crippen LogP contribution in [0.3, 0.4) is 0 Å². The van der Waals surface area contributed by atoms with Gasteiger partial charge in [-0.2, -0.15) is 0 Å². The minimum atomic E-state index is -0.806. The zero-order valence-electron chi connectivity index (χ0n) is 15.3. The van der Waals surface area contributed by atoms with E-state index in [1.807, 2.05) is 42.5 Å². The van der Waals surface area contributed by atoms with E-state index < -0.39 is 11.9 Å². The summed E-state index contributed by atoms with van der Waals surface area (Å²) in [6.07, 6.45) is 2.49. The van der Waals surface area contributed by atoms with Gasteiger partial charge in [-0.25, -0.2) is 0 Å². The van der Waals surface area contributed by atoms with Crippen molar-refractivity contribution in [2.75, 3.05) is 11.9 Å². The highest BCUT2D eigenvalue weighted by Gasteiger charge is 2.33. The normalized spacial score (nSPS) is 19.0. The summed E-state index contributed by atoms with van der Waals surface area (Å²) in [7, 11) is 0. The van der Waals surface area contributed by atoms with Gasteiger partial charge in [-0.15, -0.1) is 0 Å². The smallest absolute Gasteiger partial charge is 0.306 e. The maximum Gasteiger partial charge on any atom is 0.306 e. The van der Waals surface area contributed by atoms with E-state index in [0.717, 1.165) is 17.7 Å². The Balaban J connectivity index is 1.46. The van der Waals surface area contributed by atoms with E-state index >= 15 is 0 Å². The Morgan fingerprint density at radius 1 is 1.00 bits per heavy atom. The van der Waals surface area contributed by atoms with Crippen molar-refractivity contribution in [3.8, 4) is 0 Å². The molecular weight excluding hydrogens is 342 g/mol. The molecule has 5 heteroatoms. The fourth-order valence-corrected chi connectivity index (χ4v) is 3.45. The highest BCUT2D eigenvalue weighted by Crippen LogP contribution is 2.32. The van der Waals surface area contributed by atoms with E-state index in [1.54, 1.807) is 0 Å². The number of ether oxygens (including phenoxy) is 1. The molecule has 1 amide bonds. The van der Waals surface area contributed by atoms with Gasteiger partial charge in [0, 0.05) is 11.6 Å². The lowest BCUT2D eigenvalue weighted by molar-refractivity contribution is -0.141. The van der Waals surface area contributed by atoms with Crippen molar-refractivity contribution >= 4 is 17.6 Å². The number of carboxylic acids is 1. The van der Waals surface area contributed by atoms with Crippen LogP contribution in [0.25, 0.3) is 0 Å². The predicted octanol–water partition coefficient (Wildman–Crippen LogP) is 3.89. The van der Waals surface area contributed by atoms with Crippen molar-refractivity contribution < 1.29 is 19.4 Å². The van der Waals surface area contributed by atoms with Crippen molar-refractivity contribution in [3.63, 3.8) is 0 Å². The molecule has 5 nitrogen and oxygen atoms in total. The van der Waals surface area contributed by atoms with E-state index in [9.17, 15) is 9.59 Å². The third-order valence-electron chi connectivity index (χ3n) is 4.99. The van der Waals surface area contributed by atoms with Crippen LogP contribution < -0.4 is 5.32 Å². The Hall–Kier alpha value is -2.66. The second kappa shape index (κ2) is 9.33. The number of carbonyl (C=O) groups is 2. The number of nitrogens with one attached hydrogen (secondary N) is 1. The van der Waals surface area contributed by atoms with Crippen LogP contribution in [0.15, 0.2) is 54.6 Å². The zero-order valence-corrected chi connectivity index (χ0v) is 15.3. The molecular formula is C22H25NO4. The largest absolute Gasteiger partial charge is 0.481 e. The predicted molar refractivity (Wildman–Crippen MR) is 103 cm³/mol. The average molecular weight is 367 g/mol. The Bertz CT molecular complexity index is 775. The maximum atomic E-state index is 12.4. The van der Waals surface area contributed by atoms with Crippen LogP contribution >= 0.6 is 0 Å². The molecule has 2 atom stereocenters. The summed E-state index contributed by atoms with van der Waals surface area (Å²) in [6, 6.07) is 17.8. The van der Waals surface area contributed by atoms with Gasteiger partial charge < -0.3 is 15.2 Å². The molecule has 0 aromatic heterocycles. The minimum absolute atomic E-state index is 0.0964. The summed E-state index contributed by atoms with van der Waals surface area (Å²) < 4.78 is 5.75. The Morgan fingerprint density at radius 3 is 2.48 bits per heavy atom. The minimum Gasteiger partial charge on any atom is -0.481 e. The quantitative estimate of drug-likeness (QED) is 0.694. The molecule has 0 heterocycles. The molecule has 0 unspecified atom stereocenters.